The largest absolute Gasteiger partial charge is 0.336 e. The molecule has 0 atom stereocenters. The van der Waals surface area contributed by atoms with Gasteiger partial charge in [0.2, 0.25) is 15.0 Å². The summed E-state index contributed by atoms with van der Waals surface area (Å²) in [6.45, 7) is 0. The van der Waals surface area contributed by atoms with Gasteiger partial charge in [-0.1, -0.05) is 6.07 Å². The van der Waals surface area contributed by atoms with E-state index >= 15 is 0 Å². The Morgan fingerprint density at radius 1 is 1.33 bits per heavy atom. The van der Waals surface area contributed by atoms with Crippen LogP contribution in [-0.2, 0) is 15.6 Å². The van der Waals surface area contributed by atoms with Crippen molar-refractivity contribution in [3.63, 3.8) is 0 Å². The SMILES string of the molecule is O=S(=O)(Cc1cccnc1)c1ncc[nH]1. The molecule has 5 nitrogen and oxygen atoms in total. The van der Waals surface area contributed by atoms with E-state index in [1.165, 1.54) is 18.6 Å². The number of H-pyrrole nitrogens is 1. The Balaban J connectivity index is 2.27. The third-order valence-electron chi connectivity index (χ3n) is 1.85. The van der Waals surface area contributed by atoms with Gasteiger partial charge in [0.05, 0.1) is 5.75 Å². The molecule has 2 aromatic heterocycles. The smallest absolute Gasteiger partial charge is 0.225 e. The van der Waals surface area contributed by atoms with Gasteiger partial charge < -0.3 is 4.98 Å². The maximum absolute atomic E-state index is 11.7. The summed E-state index contributed by atoms with van der Waals surface area (Å²) in [5, 5.41) is -0.00801. The number of imidazole rings is 1. The van der Waals surface area contributed by atoms with Crippen molar-refractivity contribution in [2.75, 3.05) is 0 Å². The molecule has 0 saturated heterocycles. The van der Waals surface area contributed by atoms with Crippen molar-refractivity contribution in [2.24, 2.45) is 0 Å². The summed E-state index contributed by atoms with van der Waals surface area (Å²) in [6, 6.07) is 3.42. The van der Waals surface area contributed by atoms with Crippen molar-refractivity contribution in [3.8, 4) is 0 Å². The molecule has 0 bridgehead atoms. The molecule has 15 heavy (non-hydrogen) atoms. The number of nitrogens with one attached hydrogen (secondary N) is 1. The molecular formula is C9H9N3O2S. The number of nitrogens with zero attached hydrogens (tertiary/aromatic N) is 2. The van der Waals surface area contributed by atoms with Gasteiger partial charge in [0, 0.05) is 24.8 Å². The molecule has 1 N–H and O–H groups in total. The summed E-state index contributed by atoms with van der Waals surface area (Å²) in [4.78, 5) is 10.2. The molecule has 0 aromatic carbocycles. The van der Waals surface area contributed by atoms with Gasteiger partial charge in [0.1, 0.15) is 0 Å². The highest BCUT2D eigenvalue weighted by Crippen LogP contribution is 2.10. The lowest BCUT2D eigenvalue weighted by Crippen LogP contribution is -2.06. The summed E-state index contributed by atoms with van der Waals surface area (Å²) in [6.07, 6.45) is 6.02. The first-order valence-corrected chi connectivity index (χ1v) is 5.95. The normalized spacial score (nSPS) is 11.5. The Kier molecular flexibility index (Phi) is 2.51. The molecule has 78 valence electrons. The van der Waals surface area contributed by atoms with E-state index in [0.717, 1.165) is 0 Å². The molecule has 0 amide bonds. The van der Waals surface area contributed by atoms with E-state index in [9.17, 15) is 8.42 Å². The number of hydrogen-bond acceptors (Lipinski definition) is 4. The monoisotopic (exact) mass is 223 g/mol. The lowest BCUT2D eigenvalue weighted by atomic mass is 10.3. The van der Waals surface area contributed by atoms with Crippen LogP contribution in [0.15, 0.2) is 42.1 Å². The minimum atomic E-state index is -3.38. The molecule has 0 saturated carbocycles. The van der Waals surface area contributed by atoms with Crippen LogP contribution in [0.5, 0.6) is 0 Å². The number of hydrogen-bond donors (Lipinski definition) is 1. The minimum Gasteiger partial charge on any atom is -0.336 e. The van der Waals surface area contributed by atoms with Crippen molar-refractivity contribution in [1.29, 1.82) is 0 Å². The quantitative estimate of drug-likeness (QED) is 0.834. The van der Waals surface area contributed by atoms with Gasteiger partial charge in [-0.15, -0.1) is 0 Å². The van der Waals surface area contributed by atoms with Crippen LogP contribution in [0.3, 0.4) is 0 Å². The molecule has 0 unspecified atom stereocenters. The van der Waals surface area contributed by atoms with Crippen LogP contribution in [0, 0.1) is 0 Å². The number of rotatable bonds is 3. The van der Waals surface area contributed by atoms with Crippen LogP contribution in [-0.4, -0.2) is 23.4 Å². The van der Waals surface area contributed by atoms with Gasteiger partial charge in [-0.25, -0.2) is 13.4 Å². The van der Waals surface area contributed by atoms with Gasteiger partial charge in [0.25, 0.3) is 0 Å². The first kappa shape index (κ1) is 9.85. The third-order valence-corrected chi connectivity index (χ3v) is 3.37. The van der Waals surface area contributed by atoms with Gasteiger partial charge in [0.15, 0.2) is 0 Å². The van der Waals surface area contributed by atoms with Gasteiger partial charge in [-0.3, -0.25) is 4.98 Å². The number of aromatic amines is 1. The van der Waals surface area contributed by atoms with Crippen LogP contribution in [0.4, 0.5) is 0 Å². The zero-order chi connectivity index (χ0) is 10.7. The lowest BCUT2D eigenvalue weighted by Gasteiger charge is -2.00. The van der Waals surface area contributed by atoms with Crippen LogP contribution in [0.1, 0.15) is 5.56 Å². The molecular weight excluding hydrogens is 214 g/mol. The van der Waals surface area contributed by atoms with Crippen LogP contribution in [0.2, 0.25) is 0 Å². The van der Waals surface area contributed by atoms with Gasteiger partial charge in [-0.05, 0) is 11.6 Å². The summed E-state index contributed by atoms with van der Waals surface area (Å²) in [5.74, 6) is -0.0889. The van der Waals surface area contributed by atoms with E-state index in [2.05, 4.69) is 15.0 Å². The summed E-state index contributed by atoms with van der Waals surface area (Å²) < 4.78 is 23.5. The van der Waals surface area contributed by atoms with Crippen molar-refractivity contribution >= 4 is 9.84 Å². The summed E-state index contributed by atoms with van der Waals surface area (Å²) >= 11 is 0. The summed E-state index contributed by atoms with van der Waals surface area (Å²) in [5.41, 5.74) is 0.647. The number of aromatic nitrogens is 3. The highest BCUT2D eigenvalue weighted by atomic mass is 32.2. The Morgan fingerprint density at radius 3 is 2.80 bits per heavy atom. The van der Waals surface area contributed by atoms with Gasteiger partial charge >= 0.3 is 0 Å². The third kappa shape index (κ3) is 2.21. The van der Waals surface area contributed by atoms with Crippen LogP contribution >= 0.6 is 0 Å². The Morgan fingerprint density at radius 2 is 2.20 bits per heavy atom. The maximum Gasteiger partial charge on any atom is 0.225 e. The van der Waals surface area contributed by atoms with E-state index in [4.69, 9.17) is 0 Å². The molecule has 2 aromatic rings. The van der Waals surface area contributed by atoms with Crippen molar-refractivity contribution < 1.29 is 8.42 Å². The molecule has 0 aliphatic rings. The minimum absolute atomic E-state index is 0.00801. The van der Waals surface area contributed by atoms with E-state index < -0.39 is 9.84 Å². The van der Waals surface area contributed by atoms with E-state index in [1.54, 1.807) is 18.3 Å². The Labute approximate surface area is 87.1 Å². The van der Waals surface area contributed by atoms with E-state index in [-0.39, 0.29) is 10.9 Å². The average molecular weight is 223 g/mol. The zero-order valence-corrected chi connectivity index (χ0v) is 8.61. The molecule has 6 heteroatoms. The second-order valence-electron chi connectivity index (χ2n) is 3.01. The highest BCUT2D eigenvalue weighted by Gasteiger charge is 2.17. The Hall–Kier alpha value is -1.69. The molecule has 0 spiro atoms. The van der Waals surface area contributed by atoms with Crippen molar-refractivity contribution in [2.45, 2.75) is 10.9 Å². The predicted octanol–water partition coefficient (Wildman–Crippen LogP) is 0.779. The number of pyridine rings is 1. The second-order valence-corrected chi connectivity index (χ2v) is 4.92. The maximum atomic E-state index is 11.7. The average Bonchev–Trinajstić information content (AvgIpc) is 2.71. The van der Waals surface area contributed by atoms with Crippen LogP contribution < -0.4 is 0 Å². The summed E-state index contributed by atoms with van der Waals surface area (Å²) in [7, 11) is -3.38. The van der Waals surface area contributed by atoms with Crippen LogP contribution in [0.25, 0.3) is 0 Å². The fourth-order valence-electron chi connectivity index (χ4n) is 1.19. The first-order valence-electron chi connectivity index (χ1n) is 4.29. The predicted molar refractivity (Wildman–Crippen MR) is 53.7 cm³/mol. The topological polar surface area (TPSA) is 75.7 Å². The molecule has 2 rings (SSSR count). The van der Waals surface area contributed by atoms with E-state index in [0.29, 0.717) is 5.56 Å². The van der Waals surface area contributed by atoms with Gasteiger partial charge in [-0.2, -0.15) is 0 Å². The highest BCUT2D eigenvalue weighted by molar-refractivity contribution is 7.90. The zero-order valence-electron chi connectivity index (χ0n) is 7.79. The molecule has 0 fully saturated rings. The Bertz CT molecular complexity index is 520. The van der Waals surface area contributed by atoms with E-state index in [1.807, 2.05) is 0 Å². The standard InChI is InChI=1S/C9H9N3O2S/c13-15(14,9-11-4-5-12-9)7-8-2-1-3-10-6-8/h1-6H,7H2,(H,11,12). The van der Waals surface area contributed by atoms with Crippen molar-refractivity contribution in [1.82, 2.24) is 15.0 Å². The molecule has 0 radical (unpaired) electrons. The molecule has 0 aliphatic heterocycles. The second kappa shape index (κ2) is 3.82. The lowest BCUT2D eigenvalue weighted by molar-refractivity contribution is 0.588. The molecule has 2 heterocycles. The first-order chi connectivity index (χ1) is 7.18. The fraction of sp³-hybridized carbons (Fsp3) is 0.111. The molecule has 0 aliphatic carbocycles. The number of sulfone groups is 1. The van der Waals surface area contributed by atoms with Crippen molar-refractivity contribution in [3.05, 3.63) is 42.5 Å². The fourth-order valence-corrected chi connectivity index (χ4v) is 2.41.